The normalized spacial score (nSPS) is 26.3. The predicted octanol–water partition coefficient (Wildman–Crippen LogP) is 4.38. The number of halogens is 1. The van der Waals surface area contributed by atoms with Gasteiger partial charge in [-0.05, 0) is 60.9 Å². The molecule has 4 rings (SSSR count). The number of aliphatic hydroxyl groups is 1. The molecule has 6 heteroatoms. The summed E-state index contributed by atoms with van der Waals surface area (Å²) in [6.07, 6.45) is 0.708. The van der Waals surface area contributed by atoms with Crippen LogP contribution in [0.15, 0.2) is 36.4 Å². The molecule has 1 saturated carbocycles. The molecule has 1 aromatic carbocycles. The van der Waals surface area contributed by atoms with E-state index in [0.717, 1.165) is 31.0 Å². The number of pyridine rings is 1. The Balaban J connectivity index is 1.50. The fraction of sp³-hybridized carbons (Fsp3) is 0.478. The first-order chi connectivity index (χ1) is 13.9. The van der Waals surface area contributed by atoms with E-state index in [1.54, 1.807) is 6.07 Å². The molecular weight excluding hydrogens is 386 g/mol. The lowest BCUT2D eigenvalue weighted by atomic mass is 9.78. The average Bonchev–Trinajstić information content (AvgIpc) is 3.10. The lowest BCUT2D eigenvalue weighted by Crippen LogP contribution is -2.42. The van der Waals surface area contributed by atoms with Crippen LogP contribution in [-0.2, 0) is 0 Å². The third kappa shape index (κ3) is 4.19. The largest absolute Gasteiger partial charge is 0.488 e. The van der Waals surface area contributed by atoms with E-state index >= 15 is 0 Å². The number of nitrogens with zero attached hydrogens (tertiary/aromatic N) is 3. The van der Waals surface area contributed by atoms with Crippen molar-refractivity contribution in [2.75, 3.05) is 18.0 Å². The van der Waals surface area contributed by atoms with Gasteiger partial charge < -0.3 is 14.7 Å². The second-order valence-corrected chi connectivity index (χ2v) is 8.89. The molecule has 4 atom stereocenters. The standard InChI is InChI=1S/C23H26ClN3O2/c1-14(2)20-7-6-15(11-25)23(26-20)27-12-16-8-21(28)22(9-17(16)13-27)29-19-5-3-4-18(24)10-19/h3-7,10,14,16-17,21-22,28H,8-9,12-13H2,1-2H3/t16-,17+,21+,22+/m0/s1. The molecule has 1 aliphatic heterocycles. The maximum Gasteiger partial charge on any atom is 0.146 e. The summed E-state index contributed by atoms with van der Waals surface area (Å²) in [5.74, 6) is 2.55. The number of aromatic nitrogens is 1. The fourth-order valence-corrected chi connectivity index (χ4v) is 4.70. The molecule has 1 saturated heterocycles. The highest BCUT2D eigenvalue weighted by Crippen LogP contribution is 2.40. The molecule has 2 fully saturated rings. The second kappa shape index (κ2) is 8.22. The summed E-state index contributed by atoms with van der Waals surface area (Å²) in [6, 6.07) is 13.4. The molecule has 1 aromatic heterocycles. The highest BCUT2D eigenvalue weighted by Gasteiger charge is 2.43. The third-order valence-corrected chi connectivity index (χ3v) is 6.31. The first-order valence-corrected chi connectivity index (χ1v) is 10.6. The van der Waals surface area contributed by atoms with Gasteiger partial charge in [-0.3, -0.25) is 0 Å². The molecule has 0 unspecified atom stereocenters. The molecule has 0 spiro atoms. The molecule has 0 radical (unpaired) electrons. The van der Waals surface area contributed by atoms with Crippen LogP contribution in [0, 0.1) is 23.2 Å². The zero-order chi connectivity index (χ0) is 20.5. The number of anilines is 1. The Morgan fingerprint density at radius 3 is 2.66 bits per heavy atom. The quantitative estimate of drug-likeness (QED) is 0.808. The molecule has 2 aromatic rings. The second-order valence-electron chi connectivity index (χ2n) is 8.45. The third-order valence-electron chi connectivity index (χ3n) is 6.08. The van der Waals surface area contributed by atoms with Gasteiger partial charge in [0.1, 0.15) is 23.7 Å². The Morgan fingerprint density at radius 2 is 1.97 bits per heavy atom. The van der Waals surface area contributed by atoms with Gasteiger partial charge in [-0.1, -0.05) is 31.5 Å². The Bertz CT molecular complexity index is 927. The van der Waals surface area contributed by atoms with Gasteiger partial charge in [-0.15, -0.1) is 0 Å². The van der Waals surface area contributed by atoms with E-state index in [-0.39, 0.29) is 6.10 Å². The SMILES string of the molecule is CC(C)c1ccc(C#N)c(N2C[C@H]3C[C@@H](Oc4cccc(Cl)c4)[C@H](O)C[C@H]3C2)n1. The van der Waals surface area contributed by atoms with Crippen LogP contribution in [0.25, 0.3) is 0 Å². The van der Waals surface area contributed by atoms with E-state index in [1.165, 1.54) is 0 Å². The van der Waals surface area contributed by atoms with E-state index < -0.39 is 6.10 Å². The minimum absolute atomic E-state index is 0.250. The maximum absolute atomic E-state index is 10.7. The van der Waals surface area contributed by atoms with Crippen molar-refractivity contribution in [3.05, 3.63) is 52.7 Å². The van der Waals surface area contributed by atoms with Gasteiger partial charge in [0.2, 0.25) is 0 Å². The van der Waals surface area contributed by atoms with Crippen molar-refractivity contribution >= 4 is 17.4 Å². The highest BCUT2D eigenvalue weighted by atomic mass is 35.5. The number of hydrogen-bond acceptors (Lipinski definition) is 5. The first kappa shape index (κ1) is 20.0. The van der Waals surface area contributed by atoms with Crippen molar-refractivity contribution in [2.24, 2.45) is 11.8 Å². The van der Waals surface area contributed by atoms with Crippen LogP contribution in [0.3, 0.4) is 0 Å². The Kier molecular flexibility index (Phi) is 5.67. The van der Waals surface area contributed by atoms with Crippen molar-refractivity contribution in [2.45, 2.75) is 44.8 Å². The molecule has 29 heavy (non-hydrogen) atoms. The van der Waals surface area contributed by atoms with E-state index in [0.29, 0.717) is 40.5 Å². The van der Waals surface area contributed by atoms with Crippen molar-refractivity contribution in [1.82, 2.24) is 4.98 Å². The molecule has 2 aliphatic rings. The monoisotopic (exact) mass is 411 g/mol. The van der Waals surface area contributed by atoms with Crippen LogP contribution in [0.4, 0.5) is 5.82 Å². The van der Waals surface area contributed by atoms with Gasteiger partial charge in [-0.2, -0.15) is 5.26 Å². The summed E-state index contributed by atoms with van der Waals surface area (Å²) in [6.45, 7) is 5.86. The number of ether oxygens (including phenoxy) is 1. The summed E-state index contributed by atoms with van der Waals surface area (Å²) in [7, 11) is 0. The highest BCUT2D eigenvalue weighted by molar-refractivity contribution is 6.30. The van der Waals surface area contributed by atoms with Crippen molar-refractivity contribution in [3.63, 3.8) is 0 Å². The smallest absolute Gasteiger partial charge is 0.146 e. The van der Waals surface area contributed by atoms with Crippen molar-refractivity contribution in [3.8, 4) is 11.8 Å². The molecule has 2 heterocycles. The minimum Gasteiger partial charge on any atom is -0.488 e. The van der Waals surface area contributed by atoms with Crippen LogP contribution in [0.5, 0.6) is 5.75 Å². The van der Waals surface area contributed by atoms with Crippen LogP contribution in [0.1, 0.15) is 43.9 Å². The summed E-state index contributed by atoms with van der Waals surface area (Å²) in [4.78, 5) is 7.01. The number of hydrogen-bond donors (Lipinski definition) is 1. The molecule has 0 amide bonds. The molecule has 1 N–H and O–H groups in total. The van der Waals surface area contributed by atoms with Crippen LogP contribution < -0.4 is 9.64 Å². The van der Waals surface area contributed by atoms with Crippen molar-refractivity contribution < 1.29 is 9.84 Å². The summed E-state index contributed by atoms with van der Waals surface area (Å²) >= 11 is 6.06. The fourth-order valence-electron chi connectivity index (χ4n) is 4.52. The maximum atomic E-state index is 10.7. The topological polar surface area (TPSA) is 69.4 Å². The van der Waals surface area contributed by atoms with Gasteiger partial charge >= 0.3 is 0 Å². The van der Waals surface area contributed by atoms with Gasteiger partial charge in [0.25, 0.3) is 0 Å². The molecule has 0 bridgehead atoms. The minimum atomic E-state index is -0.513. The average molecular weight is 412 g/mol. The summed E-state index contributed by atoms with van der Waals surface area (Å²) < 4.78 is 6.07. The van der Waals surface area contributed by atoms with Crippen LogP contribution in [0.2, 0.25) is 5.02 Å². The zero-order valence-corrected chi connectivity index (χ0v) is 17.5. The number of nitriles is 1. The van der Waals surface area contributed by atoms with E-state index in [9.17, 15) is 10.4 Å². The van der Waals surface area contributed by atoms with E-state index in [2.05, 4.69) is 24.8 Å². The van der Waals surface area contributed by atoms with Gasteiger partial charge in [-0.25, -0.2) is 4.98 Å². The van der Waals surface area contributed by atoms with E-state index in [4.69, 9.17) is 21.3 Å². The number of benzene rings is 1. The van der Waals surface area contributed by atoms with Gasteiger partial charge in [0.05, 0.1) is 11.7 Å². The molecule has 152 valence electrons. The lowest BCUT2D eigenvalue weighted by Gasteiger charge is -2.35. The Morgan fingerprint density at radius 1 is 1.21 bits per heavy atom. The molecular formula is C23H26ClN3O2. The predicted molar refractivity (Wildman–Crippen MR) is 113 cm³/mol. The Hall–Kier alpha value is -2.29. The summed E-state index contributed by atoms with van der Waals surface area (Å²) in [5, 5.41) is 20.8. The van der Waals surface area contributed by atoms with Crippen molar-refractivity contribution in [1.29, 1.82) is 5.26 Å². The number of aliphatic hydroxyl groups excluding tert-OH is 1. The van der Waals surface area contributed by atoms with Crippen LogP contribution >= 0.6 is 11.6 Å². The Labute approximate surface area is 176 Å². The molecule has 1 aliphatic carbocycles. The van der Waals surface area contributed by atoms with Crippen LogP contribution in [-0.4, -0.2) is 35.4 Å². The zero-order valence-electron chi connectivity index (χ0n) is 16.8. The lowest BCUT2D eigenvalue weighted by molar-refractivity contribution is -0.0231. The van der Waals surface area contributed by atoms with E-state index in [1.807, 2.05) is 30.3 Å². The molecule has 5 nitrogen and oxygen atoms in total. The van der Waals surface area contributed by atoms with Gasteiger partial charge in [0.15, 0.2) is 0 Å². The van der Waals surface area contributed by atoms with Gasteiger partial charge in [0, 0.05) is 23.8 Å². The number of fused-ring (bicyclic) bond motifs is 1. The first-order valence-electron chi connectivity index (χ1n) is 10.2. The number of rotatable bonds is 4. The summed E-state index contributed by atoms with van der Waals surface area (Å²) in [5.41, 5.74) is 1.61.